The molecule has 0 spiro atoms. The molecule has 1 aliphatic carbocycles. The molecule has 0 amide bonds. The fourth-order valence-electron chi connectivity index (χ4n) is 6.48. The summed E-state index contributed by atoms with van der Waals surface area (Å²) in [7, 11) is 0. The molecular formula is C36H30FN3. The van der Waals surface area contributed by atoms with Crippen LogP contribution in [0.25, 0.3) is 22.1 Å². The molecule has 2 heterocycles. The molecule has 3 nitrogen and oxygen atoms in total. The van der Waals surface area contributed by atoms with Gasteiger partial charge in [0.1, 0.15) is 5.82 Å². The molecular weight excluding hydrogens is 493 g/mol. The minimum atomic E-state index is -0.200. The summed E-state index contributed by atoms with van der Waals surface area (Å²) in [4.78, 5) is 0. The van der Waals surface area contributed by atoms with Gasteiger partial charge in [-0.2, -0.15) is 4.58 Å². The summed E-state index contributed by atoms with van der Waals surface area (Å²) in [5.74, 6) is -0.200. The maximum atomic E-state index is 13.6. The first kappa shape index (κ1) is 24.5. The lowest BCUT2D eigenvalue weighted by molar-refractivity contribution is -0.475. The van der Waals surface area contributed by atoms with Crippen LogP contribution in [0.4, 0.5) is 4.39 Å². The summed E-state index contributed by atoms with van der Waals surface area (Å²) in [6.45, 7) is 5.03. The summed E-state index contributed by atoms with van der Waals surface area (Å²) in [5, 5.41) is 4.65. The van der Waals surface area contributed by atoms with E-state index in [9.17, 15) is 4.39 Å². The molecule has 0 bridgehead atoms. The number of rotatable bonds is 4. The molecule has 4 aromatic rings. The summed E-state index contributed by atoms with van der Waals surface area (Å²) >= 11 is 0. The number of fused-ring (bicyclic) bond motifs is 4. The second-order valence-electron chi connectivity index (χ2n) is 10.7. The van der Waals surface area contributed by atoms with Crippen molar-refractivity contribution in [3.05, 3.63) is 153 Å². The predicted molar refractivity (Wildman–Crippen MR) is 161 cm³/mol. The van der Waals surface area contributed by atoms with Crippen molar-refractivity contribution in [3.8, 4) is 11.1 Å². The van der Waals surface area contributed by atoms with Gasteiger partial charge in [0.2, 0.25) is 0 Å². The Balaban J connectivity index is 1.46. The largest absolute Gasteiger partial charge is 0.574 e. The summed E-state index contributed by atoms with van der Waals surface area (Å²) in [6.07, 6.45) is 2.62. The van der Waals surface area contributed by atoms with Gasteiger partial charge in [0.15, 0.2) is 18.0 Å². The van der Waals surface area contributed by atoms with Gasteiger partial charge in [-0.15, -0.1) is 0 Å². The molecule has 7 rings (SSSR count). The van der Waals surface area contributed by atoms with Crippen LogP contribution in [-0.2, 0) is 12.8 Å². The quantitative estimate of drug-likeness (QED) is 0.212. The van der Waals surface area contributed by atoms with E-state index in [1.165, 1.54) is 44.7 Å². The van der Waals surface area contributed by atoms with Gasteiger partial charge in [-0.25, -0.2) is 4.39 Å². The lowest BCUT2D eigenvalue weighted by atomic mass is 9.88. The molecule has 0 atom stereocenters. The molecule has 0 fully saturated rings. The zero-order valence-electron chi connectivity index (χ0n) is 22.8. The van der Waals surface area contributed by atoms with Crippen molar-refractivity contribution in [1.29, 1.82) is 0 Å². The fraction of sp³-hybridized carbons (Fsp3) is 0.167. The molecule has 196 valence electrons. The summed E-state index contributed by atoms with van der Waals surface area (Å²) in [6, 6.07) is 33.0. The van der Waals surface area contributed by atoms with E-state index < -0.39 is 0 Å². The number of hydrogen-bond donors (Lipinski definition) is 0. The molecule has 40 heavy (non-hydrogen) atoms. The van der Waals surface area contributed by atoms with E-state index in [1.54, 1.807) is 12.1 Å². The second kappa shape index (κ2) is 9.87. The van der Waals surface area contributed by atoms with Crippen LogP contribution in [0.1, 0.15) is 48.1 Å². The third-order valence-electron chi connectivity index (χ3n) is 8.32. The standard InChI is InChI=1S/C36H30FN3/c1-23-34(35-31-13-7-5-11-29(31)30-12-6-8-14-32(30)35)36(24(2)39-38-23)40-22-21-26-9-3-4-10-28(26)33(40)20-17-25-15-18-27(37)19-16-25/h3-16,18-19H,17,20-22H2,1-2H3. The van der Waals surface area contributed by atoms with Crippen molar-refractivity contribution < 1.29 is 8.97 Å². The van der Waals surface area contributed by atoms with Gasteiger partial charge in [-0.1, -0.05) is 91.5 Å². The molecule has 0 saturated carbocycles. The highest BCUT2D eigenvalue weighted by atomic mass is 19.1. The maximum absolute atomic E-state index is 13.6. The number of allylic oxidation sites excluding steroid dienone is 2. The molecule has 4 heteroatoms. The average molecular weight is 524 g/mol. The van der Waals surface area contributed by atoms with E-state index in [2.05, 4.69) is 102 Å². The van der Waals surface area contributed by atoms with Crippen LogP contribution >= 0.6 is 0 Å². The zero-order valence-corrected chi connectivity index (χ0v) is 22.8. The monoisotopic (exact) mass is 523 g/mol. The lowest BCUT2D eigenvalue weighted by Gasteiger charge is -2.31. The van der Waals surface area contributed by atoms with Gasteiger partial charge in [0.05, 0.1) is 5.57 Å². The van der Waals surface area contributed by atoms with Crippen LogP contribution in [0, 0.1) is 5.82 Å². The Morgan fingerprint density at radius 3 is 1.98 bits per heavy atom. The average Bonchev–Trinajstić information content (AvgIpc) is 3.32. The summed E-state index contributed by atoms with van der Waals surface area (Å²) in [5.41, 5.74) is 20.1. The first-order valence-corrected chi connectivity index (χ1v) is 14.0. The highest BCUT2D eigenvalue weighted by Crippen LogP contribution is 2.48. The molecule has 0 N–H and O–H groups in total. The van der Waals surface area contributed by atoms with E-state index in [0.29, 0.717) is 0 Å². The van der Waals surface area contributed by atoms with E-state index >= 15 is 0 Å². The van der Waals surface area contributed by atoms with Crippen molar-refractivity contribution >= 4 is 17.0 Å². The minimum Gasteiger partial charge on any atom is -0.574 e. The maximum Gasteiger partial charge on any atom is 0.197 e. The fourth-order valence-corrected chi connectivity index (χ4v) is 6.48. The smallest absolute Gasteiger partial charge is 0.197 e. The second-order valence-corrected chi connectivity index (χ2v) is 10.7. The van der Waals surface area contributed by atoms with Crippen LogP contribution in [0.2, 0.25) is 0 Å². The topological polar surface area (TPSA) is 29.5 Å². The molecule has 4 aromatic carbocycles. The van der Waals surface area contributed by atoms with Crippen molar-refractivity contribution in [3.63, 3.8) is 0 Å². The molecule has 0 radical (unpaired) electrons. The van der Waals surface area contributed by atoms with Crippen molar-refractivity contribution in [2.24, 2.45) is 5.10 Å². The Morgan fingerprint density at radius 2 is 1.30 bits per heavy atom. The van der Waals surface area contributed by atoms with Crippen molar-refractivity contribution in [1.82, 2.24) is 0 Å². The van der Waals surface area contributed by atoms with Crippen LogP contribution in [-0.4, -0.2) is 22.5 Å². The Bertz CT molecular complexity index is 1740. The van der Waals surface area contributed by atoms with Gasteiger partial charge < -0.3 is 10.5 Å². The zero-order chi connectivity index (χ0) is 27.2. The van der Waals surface area contributed by atoms with E-state index in [0.717, 1.165) is 54.0 Å². The van der Waals surface area contributed by atoms with Crippen LogP contribution in [0.3, 0.4) is 0 Å². The molecule has 3 aliphatic rings. The number of halogens is 1. The Labute approximate surface area is 234 Å². The predicted octanol–water partition coefficient (Wildman–Crippen LogP) is 8.29. The molecule has 0 saturated heterocycles. The van der Waals surface area contributed by atoms with Crippen LogP contribution < -0.4 is 0 Å². The third kappa shape index (κ3) is 4.03. The SMILES string of the molecule is CC1=N[N-]C(C)=C([N+]2=C(CCc3ccc(F)cc3)c3ccccc3CC2)C1=C1c2ccccc2-c2ccccc21. The van der Waals surface area contributed by atoms with Gasteiger partial charge in [0, 0.05) is 29.7 Å². The van der Waals surface area contributed by atoms with Gasteiger partial charge in [-0.3, -0.25) is 0 Å². The summed E-state index contributed by atoms with van der Waals surface area (Å²) < 4.78 is 16.1. The minimum absolute atomic E-state index is 0.200. The number of aryl methyl sites for hydroxylation is 1. The van der Waals surface area contributed by atoms with Crippen molar-refractivity contribution in [2.75, 3.05) is 6.54 Å². The van der Waals surface area contributed by atoms with E-state index in [4.69, 9.17) is 0 Å². The Hall–Kier alpha value is -4.57. The first-order valence-electron chi connectivity index (χ1n) is 14.0. The normalized spacial score (nSPS) is 15.9. The molecule has 2 aliphatic heterocycles. The highest BCUT2D eigenvalue weighted by Gasteiger charge is 2.36. The first-order chi connectivity index (χ1) is 19.6. The number of nitrogens with zero attached hydrogens (tertiary/aromatic N) is 3. The van der Waals surface area contributed by atoms with Crippen molar-refractivity contribution in [2.45, 2.75) is 33.1 Å². The highest BCUT2D eigenvalue weighted by molar-refractivity contribution is 6.16. The van der Waals surface area contributed by atoms with Gasteiger partial charge in [-0.05, 0) is 64.9 Å². The van der Waals surface area contributed by atoms with Crippen LogP contribution in [0.5, 0.6) is 0 Å². The molecule has 0 unspecified atom stereocenters. The lowest BCUT2D eigenvalue weighted by Crippen LogP contribution is -2.33. The Morgan fingerprint density at radius 1 is 0.700 bits per heavy atom. The number of hydrogen-bond acceptors (Lipinski definition) is 1. The van der Waals surface area contributed by atoms with E-state index in [1.807, 2.05) is 12.1 Å². The van der Waals surface area contributed by atoms with Gasteiger partial charge >= 0.3 is 0 Å². The van der Waals surface area contributed by atoms with E-state index in [-0.39, 0.29) is 5.82 Å². The third-order valence-corrected chi connectivity index (χ3v) is 8.32. The Kier molecular flexibility index (Phi) is 6.04. The van der Waals surface area contributed by atoms with Crippen LogP contribution in [0.15, 0.2) is 119 Å². The number of benzene rings is 4. The molecule has 0 aromatic heterocycles. The van der Waals surface area contributed by atoms with Gasteiger partial charge in [0.25, 0.3) is 0 Å².